The Labute approximate surface area is 175 Å². The summed E-state index contributed by atoms with van der Waals surface area (Å²) in [7, 11) is 1.64. The van der Waals surface area contributed by atoms with Crippen molar-refractivity contribution in [3.8, 4) is 0 Å². The van der Waals surface area contributed by atoms with Gasteiger partial charge in [-0.15, -0.1) is 0 Å². The number of nitrogens with one attached hydrogen (secondary N) is 1. The van der Waals surface area contributed by atoms with Gasteiger partial charge in [0.2, 0.25) is 5.91 Å². The predicted octanol–water partition coefficient (Wildman–Crippen LogP) is 2.88. The number of rotatable bonds is 9. The summed E-state index contributed by atoms with van der Waals surface area (Å²) in [6, 6.07) is 8.19. The fourth-order valence-corrected chi connectivity index (χ4v) is 3.84. The number of hydrogen-bond donors (Lipinski definition) is 1. The molecule has 0 spiro atoms. The summed E-state index contributed by atoms with van der Waals surface area (Å²) in [5.74, 6) is 1.32. The normalized spacial score (nSPS) is 15.2. The summed E-state index contributed by atoms with van der Waals surface area (Å²) in [5.41, 5.74) is 2.31. The van der Waals surface area contributed by atoms with E-state index < -0.39 is 0 Å². The first-order chi connectivity index (χ1) is 14.7. The Balaban J connectivity index is 1.18. The monoisotopic (exact) mass is 412 g/mol. The van der Waals surface area contributed by atoms with E-state index in [4.69, 9.17) is 14.0 Å². The van der Waals surface area contributed by atoms with Crippen molar-refractivity contribution in [1.82, 2.24) is 20.0 Å². The zero-order chi connectivity index (χ0) is 20.8. The van der Waals surface area contributed by atoms with Crippen LogP contribution in [0.5, 0.6) is 0 Å². The first-order valence-corrected chi connectivity index (χ1v) is 10.5. The fraction of sp³-hybridized carbons (Fsp3) is 0.500. The van der Waals surface area contributed by atoms with E-state index in [1.165, 1.54) is 10.9 Å². The van der Waals surface area contributed by atoms with Crippen LogP contribution in [-0.4, -0.2) is 58.8 Å². The van der Waals surface area contributed by atoms with Crippen LogP contribution in [0.1, 0.15) is 36.5 Å². The Morgan fingerprint density at radius 3 is 2.93 bits per heavy atom. The van der Waals surface area contributed by atoms with Gasteiger partial charge in [0.15, 0.2) is 5.82 Å². The van der Waals surface area contributed by atoms with Crippen molar-refractivity contribution in [2.45, 2.75) is 44.8 Å². The highest BCUT2D eigenvalue weighted by molar-refractivity contribution is 5.84. The molecule has 4 rings (SSSR count). The second-order valence-electron chi connectivity index (χ2n) is 7.60. The Morgan fingerprint density at radius 2 is 2.10 bits per heavy atom. The number of aryl methyl sites for hydroxylation is 1. The molecule has 0 radical (unpaired) electrons. The highest BCUT2D eigenvalue weighted by Crippen LogP contribution is 2.21. The molecule has 1 amide bonds. The van der Waals surface area contributed by atoms with Crippen LogP contribution >= 0.6 is 0 Å². The van der Waals surface area contributed by atoms with E-state index in [1.807, 2.05) is 23.2 Å². The third-order valence-electron chi connectivity index (χ3n) is 5.56. The number of hydrogen-bond acceptors (Lipinski definition) is 6. The van der Waals surface area contributed by atoms with Crippen LogP contribution in [-0.2, 0) is 33.7 Å². The molecule has 8 heteroatoms. The van der Waals surface area contributed by atoms with Crippen LogP contribution in [0.25, 0.3) is 10.9 Å². The number of H-pyrrole nitrogens is 1. The number of aromatic nitrogens is 3. The maximum atomic E-state index is 12.6. The number of carbonyl (C=O) groups excluding carboxylic acids is 1. The molecule has 1 N–H and O–H groups in total. The lowest BCUT2D eigenvalue weighted by Crippen LogP contribution is -2.40. The number of ether oxygens (including phenoxy) is 2. The van der Waals surface area contributed by atoms with Crippen LogP contribution in [0.3, 0.4) is 0 Å². The maximum absolute atomic E-state index is 12.6. The number of para-hydroxylation sites is 1. The first-order valence-electron chi connectivity index (χ1n) is 10.5. The van der Waals surface area contributed by atoms with Gasteiger partial charge in [-0.1, -0.05) is 23.4 Å². The van der Waals surface area contributed by atoms with Gasteiger partial charge in [0.05, 0.1) is 12.7 Å². The van der Waals surface area contributed by atoms with E-state index in [9.17, 15) is 4.79 Å². The summed E-state index contributed by atoms with van der Waals surface area (Å²) in [4.78, 5) is 22.2. The van der Waals surface area contributed by atoms with Crippen LogP contribution in [0, 0.1) is 0 Å². The average Bonchev–Trinajstić information content (AvgIpc) is 3.42. The zero-order valence-corrected chi connectivity index (χ0v) is 17.3. The van der Waals surface area contributed by atoms with E-state index in [0.29, 0.717) is 37.8 Å². The molecule has 1 aliphatic heterocycles. The number of benzene rings is 1. The largest absolute Gasteiger partial charge is 0.384 e. The Bertz CT molecular complexity index is 959. The van der Waals surface area contributed by atoms with Gasteiger partial charge in [-0.3, -0.25) is 4.79 Å². The molecule has 1 fully saturated rings. The van der Waals surface area contributed by atoms with E-state index in [0.717, 1.165) is 37.9 Å². The zero-order valence-electron chi connectivity index (χ0n) is 17.3. The lowest BCUT2D eigenvalue weighted by molar-refractivity contribution is -0.134. The summed E-state index contributed by atoms with van der Waals surface area (Å²) >= 11 is 0. The van der Waals surface area contributed by atoms with Crippen molar-refractivity contribution in [3.63, 3.8) is 0 Å². The van der Waals surface area contributed by atoms with Gasteiger partial charge in [0.1, 0.15) is 6.61 Å². The SMILES string of the molecule is COCCc1noc(COC2CCN(C(=O)CCc3c[nH]c4ccccc34)CC2)n1. The fourth-order valence-electron chi connectivity index (χ4n) is 3.84. The highest BCUT2D eigenvalue weighted by Gasteiger charge is 2.24. The minimum absolute atomic E-state index is 0.108. The van der Waals surface area contributed by atoms with Crippen LogP contribution in [0.4, 0.5) is 0 Å². The standard InChI is InChI=1S/C22H28N4O4/c1-28-13-10-20-24-21(30-25-20)15-29-17-8-11-26(12-9-17)22(27)7-6-16-14-23-19-5-3-2-4-18(16)19/h2-5,14,17,23H,6-13,15H2,1H3. The molecule has 30 heavy (non-hydrogen) atoms. The summed E-state index contributed by atoms with van der Waals surface area (Å²) in [5, 5.41) is 5.11. The van der Waals surface area contributed by atoms with Gasteiger partial charge in [0, 0.05) is 50.1 Å². The van der Waals surface area contributed by atoms with Crippen LogP contribution < -0.4 is 0 Å². The Hall–Kier alpha value is -2.71. The number of amides is 1. The first kappa shape index (κ1) is 20.6. The molecule has 160 valence electrons. The van der Waals surface area contributed by atoms with Gasteiger partial charge in [0.25, 0.3) is 5.89 Å². The number of carbonyl (C=O) groups is 1. The number of aromatic amines is 1. The van der Waals surface area contributed by atoms with Gasteiger partial charge in [-0.05, 0) is 30.9 Å². The molecule has 1 aromatic carbocycles. The van der Waals surface area contributed by atoms with Gasteiger partial charge in [-0.25, -0.2) is 0 Å². The lowest BCUT2D eigenvalue weighted by atomic mass is 10.1. The van der Waals surface area contributed by atoms with Gasteiger partial charge >= 0.3 is 0 Å². The van der Waals surface area contributed by atoms with Crippen molar-refractivity contribution in [3.05, 3.63) is 47.7 Å². The average molecular weight is 412 g/mol. The van der Waals surface area contributed by atoms with Crippen molar-refractivity contribution in [2.24, 2.45) is 0 Å². The number of piperidine rings is 1. The minimum atomic E-state index is 0.108. The molecule has 8 nitrogen and oxygen atoms in total. The summed E-state index contributed by atoms with van der Waals surface area (Å²) in [6.07, 6.45) is 5.67. The molecule has 0 aliphatic carbocycles. The second kappa shape index (κ2) is 9.86. The quantitative estimate of drug-likeness (QED) is 0.581. The van der Waals surface area contributed by atoms with Crippen molar-refractivity contribution in [1.29, 1.82) is 0 Å². The van der Waals surface area contributed by atoms with E-state index in [-0.39, 0.29) is 12.0 Å². The maximum Gasteiger partial charge on any atom is 0.252 e. The molecule has 0 saturated carbocycles. The Morgan fingerprint density at radius 1 is 1.27 bits per heavy atom. The van der Waals surface area contributed by atoms with Crippen molar-refractivity contribution >= 4 is 16.8 Å². The highest BCUT2D eigenvalue weighted by atomic mass is 16.5. The predicted molar refractivity (Wildman–Crippen MR) is 111 cm³/mol. The molecule has 1 aliphatic rings. The molecule has 0 unspecified atom stereocenters. The molecular formula is C22H28N4O4. The molecule has 2 aromatic heterocycles. The smallest absolute Gasteiger partial charge is 0.252 e. The summed E-state index contributed by atoms with van der Waals surface area (Å²) < 4.78 is 16.1. The number of likely N-dealkylation sites (tertiary alicyclic amines) is 1. The second-order valence-corrected chi connectivity index (χ2v) is 7.60. The Kier molecular flexibility index (Phi) is 6.76. The molecular weight excluding hydrogens is 384 g/mol. The van der Waals surface area contributed by atoms with Crippen LogP contribution in [0.15, 0.2) is 35.0 Å². The molecule has 1 saturated heterocycles. The van der Waals surface area contributed by atoms with Gasteiger partial charge < -0.3 is 23.9 Å². The molecule has 3 heterocycles. The number of nitrogens with zero attached hydrogens (tertiary/aromatic N) is 3. The van der Waals surface area contributed by atoms with E-state index >= 15 is 0 Å². The van der Waals surface area contributed by atoms with E-state index in [2.05, 4.69) is 27.3 Å². The van der Waals surface area contributed by atoms with Crippen LogP contribution in [0.2, 0.25) is 0 Å². The molecule has 0 atom stereocenters. The van der Waals surface area contributed by atoms with Crippen molar-refractivity contribution < 1.29 is 18.8 Å². The summed E-state index contributed by atoms with van der Waals surface area (Å²) in [6.45, 7) is 2.31. The van der Waals surface area contributed by atoms with Gasteiger partial charge in [-0.2, -0.15) is 4.98 Å². The lowest BCUT2D eigenvalue weighted by Gasteiger charge is -2.31. The third-order valence-corrected chi connectivity index (χ3v) is 5.56. The van der Waals surface area contributed by atoms with E-state index in [1.54, 1.807) is 7.11 Å². The number of fused-ring (bicyclic) bond motifs is 1. The molecule has 0 bridgehead atoms. The topological polar surface area (TPSA) is 93.5 Å². The molecule has 3 aromatic rings. The number of methoxy groups -OCH3 is 1. The minimum Gasteiger partial charge on any atom is -0.384 e. The third kappa shape index (κ3) is 5.06. The van der Waals surface area contributed by atoms with Crippen molar-refractivity contribution in [2.75, 3.05) is 26.8 Å².